The minimum absolute atomic E-state index is 0.158. The van der Waals surface area contributed by atoms with E-state index in [2.05, 4.69) is 27.5 Å². The number of ether oxygens (including phenoxy) is 1. The summed E-state index contributed by atoms with van der Waals surface area (Å²) < 4.78 is 7.29. The normalized spacial score (nSPS) is 15.7. The standard InChI is InChI=1S/C23H25ClN4O2/c1-16-14-17(2)28(27-16)20-9-8-19(24)21(26-20)22(29)25-15-23(10-12-30-13-11-23)18-6-4-3-5-7-18/h3-9,14H,10-13,15H2,1-2H3,(H,25,29). The number of benzene rings is 1. The van der Waals surface area contributed by atoms with Gasteiger partial charge >= 0.3 is 0 Å². The van der Waals surface area contributed by atoms with Gasteiger partial charge in [0.05, 0.1) is 10.7 Å². The highest BCUT2D eigenvalue weighted by molar-refractivity contribution is 6.33. The molecule has 1 fully saturated rings. The molecule has 0 bridgehead atoms. The maximum atomic E-state index is 13.0. The van der Waals surface area contributed by atoms with E-state index >= 15 is 0 Å². The zero-order valence-corrected chi connectivity index (χ0v) is 17.9. The van der Waals surface area contributed by atoms with E-state index in [4.69, 9.17) is 16.3 Å². The van der Waals surface area contributed by atoms with Gasteiger partial charge in [0.2, 0.25) is 0 Å². The van der Waals surface area contributed by atoms with E-state index in [0.29, 0.717) is 30.6 Å². The molecule has 0 unspecified atom stereocenters. The SMILES string of the molecule is Cc1cc(C)n(-c2ccc(Cl)c(C(=O)NCC3(c4ccccc4)CCOCC3)n2)n1. The van der Waals surface area contributed by atoms with Crippen LogP contribution in [-0.2, 0) is 10.2 Å². The maximum Gasteiger partial charge on any atom is 0.271 e. The van der Waals surface area contributed by atoms with Gasteiger partial charge < -0.3 is 10.1 Å². The topological polar surface area (TPSA) is 69.0 Å². The van der Waals surface area contributed by atoms with Gasteiger partial charge in [0.25, 0.3) is 5.91 Å². The van der Waals surface area contributed by atoms with Gasteiger partial charge in [-0.25, -0.2) is 9.67 Å². The summed E-state index contributed by atoms with van der Waals surface area (Å²) in [7, 11) is 0. The molecular formula is C23H25ClN4O2. The smallest absolute Gasteiger partial charge is 0.271 e. The Balaban J connectivity index is 1.57. The van der Waals surface area contributed by atoms with Crippen molar-refractivity contribution in [3.05, 3.63) is 76.2 Å². The number of aryl methyl sites for hydroxylation is 2. The van der Waals surface area contributed by atoms with Crippen LogP contribution in [0.1, 0.15) is 40.3 Å². The molecule has 1 aliphatic rings. The molecule has 1 N–H and O–H groups in total. The fraction of sp³-hybridized carbons (Fsp3) is 0.348. The first-order chi connectivity index (χ1) is 14.5. The molecule has 1 amide bonds. The third kappa shape index (κ3) is 4.11. The molecule has 4 rings (SSSR count). The van der Waals surface area contributed by atoms with Crippen LogP contribution in [0.15, 0.2) is 48.5 Å². The number of carbonyl (C=O) groups excluding carboxylic acids is 1. The van der Waals surface area contributed by atoms with E-state index < -0.39 is 0 Å². The molecule has 0 atom stereocenters. The molecule has 3 heterocycles. The number of nitrogens with one attached hydrogen (secondary N) is 1. The van der Waals surface area contributed by atoms with Crippen LogP contribution in [0.25, 0.3) is 5.82 Å². The Morgan fingerprint density at radius 3 is 2.57 bits per heavy atom. The van der Waals surface area contributed by atoms with Crippen molar-refractivity contribution < 1.29 is 9.53 Å². The number of pyridine rings is 1. The molecule has 2 aromatic heterocycles. The van der Waals surface area contributed by atoms with Gasteiger partial charge in [0.1, 0.15) is 5.69 Å². The first-order valence-electron chi connectivity index (χ1n) is 10.1. The number of hydrogen-bond acceptors (Lipinski definition) is 4. The highest BCUT2D eigenvalue weighted by Gasteiger charge is 2.35. The van der Waals surface area contributed by atoms with Crippen LogP contribution in [-0.4, -0.2) is 40.4 Å². The van der Waals surface area contributed by atoms with Gasteiger partial charge in [0.15, 0.2) is 5.82 Å². The highest BCUT2D eigenvalue weighted by atomic mass is 35.5. The van der Waals surface area contributed by atoms with Crippen molar-refractivity contribution in [3.8, 4) is 5.82 Å². The summed E-state index contributed by atoms with van der Waals surface area (Å²) in [6, 6.07) is 15.7. The Kier molecular flexibility index (Phi) is 5.88. The lowest BCUT2D eigenvalue weighted by molar-refractivity contribution is 0.0486. The lowest BCUT2D eigenvalue weighted by atomic mass is 9.74. The fourth-order valence-electron chi connectivity index (χ4n) is 4.02. The van der Waals surface area contributed by atoms with Crippen LogP contribution >= 0.6 is 11.6 Å². The molecular weight excluding hydrogens is 400 g/mol. The molecule has 3 aromatic rings. The zero-order valence-electron chi connectivity index (χ0n) is 17.2. The Bertz CT molecular complexity index is 1040. The summed E-state index contributed by atoms with van der Waals surface area (Å²) in [5, 5.41) is 7.84. The van der Waals surface area contributed by atoms with Gasteiger partial charge in [0, 0.05) is 30.9 Å². The number of hydrogen-bond donors (Lipinski definition) is 1. The molecule has 6 nitrogen and oxygen atoms in total. The van der Waals surface area contributed by atoms with Gasteiger partial charge in [-0.05, 0) is 50.5 Å². The largest absolute Gasteiger partial charge is 0.381 e. The minimum atomic E-state index is -0.287. The summed E-state index contributed by atoms with van der Waals surface area (Å²) in [5.74, 6) is 0.282. The average Bonchev–Trinajstić information content (AvgIpc) is 3.11. The lowest BCUT2D eigenvalue weighted by Gasteiger charge is -2.38. The Morgan fingerprint density at radius 1 is 1.17 bits per heavy atom. The number of amides is 1. The molecule has 0 aliphatic carbocycles. The predicted octanol–water partition coefficient (Wildman–Crippen LogP) is 4.02. The Hall–Kier alpha value is -2.70. The molecule has 0 saturated carbocycles. The predicted molar refractivity (Wildman–Crippen MR) is 116 cm³/mol. The van der Waals surface area contributed by atoms with Crippen molar-refractivity contribution in [1.82, 2.24) is 20.1 Å². The van der Waals surface area contributed by atoms with E-state index in [1.807, 2.05) is 38.1 Å². The molecule has 7 heteroatoms. The summed E-state index contributed by atoms with van der Waals surface area (Å²) in [6.45, 7) is 5.73. The van der Waals surface area contributed by atoms with E-state index in [9.17, 15) is 4.79 Å². The van der Waals surface area contributed by atoms with Crippen molar-refractivity contribution in [2.75, 3.05) is 19.8 Å². The van der Waals surface area contributed by atoms with Gasteiger partial charge in [-0.15, -0.1) is 0 Å². The van der Waals surface area contributed by atoms with E-state index in [0.717, 1.165) is 24.2 Å². The second-order valence-electron chi connectivity index (χ2n) is 7.78. The number of aromatic nitrogens is 3. The number of nitrogens with zero attached hydrogens (tertiary/aromatic N) is 3. The molecule has 0 radical (unpaired) electrons. The first-order valence-corrected chi connectivity index (χ1v) is 10.5. The second-order valence-corrected chi connectivity index (χ2v) is 8.19. The third-order valence-corrected chi connectivity index (χ3v) is 6.00. The van der Waals surface area contributed by atoms with Gasteiger partial charge in [-0.3, -0.25) is 4.79 Å². The molecule has 1 aliphatic heterocycles. The van der Waals surface area contributed by atoms with Crippen molar-refractivity contribution in [2.24, 2.45) is 0 Å². The monoisotopic (exact) mass is 424 g/mol. The highest BCUT2D eigenvalue weighted by Crippen LogP contribution is 2.34. The van der Waals surface area contributed by atoms with Crippen LogP contribution < -0.4 is 5.32 Å². The summed E-state index contributed by atoms with van der Waals surface area (Å²) >= 11 is 6.32. The van der Waals surface area contributed by atoms with E-state index in [1.54, 1.807) is 16.8 Å². The average molecular weight is 425 g/mol. The second kappa shape index (κ2) is 8.58. The molecule has 30 heavy (non-hydrogen) atoms. The van der Waals surface area contributed by atoms with Crippen LogP contribution in [0.5, 0.6) is 0 Å². The van der Waals surface area contributed by atoms with Crippen LogP contribution in [0.2, 0.25) is 5.02 Å². The Labute approximate surface area is 181 Å². The van der Waals surface area contributed by atoms with Crippen molar-refractivity contribution >= 4 is 17.5 Å². The van der Waals surface area contributed by atoms with Crippen LogP contribution in [0.3, 0.4) is 0 Å². The number of carbonyl (C=O) groups is 1. The van der Waals surface area contributed by atoms with Crippen LogP contribution in [0.4, 0.5) is 0 Å². The van der Waals surface area contributed by atoms with Crippen molar-refractivity contribution in [3.63, 3.8) is 0 Å². The molecule has 1 aromatic carbocycles. The molecule has 1 saturated heterocycles. The van der Waals surface area contributed by atoms with E-state index in [-0.39, 0.29) is 17.0 Å². The fourth-order valence-corrected chi connectivity index (χ4v) is 4.22. The minimum Gasteiger partial charge on any atom is -0.381 e. The third-order valence-electron chi connectivity index (χ3n) is 5.70. The number of rotatable bonds is 5. The maximum absolute atomic E-state index is 13.0. The first kappa shape index (κ1) is 20.6. The van der Waals surface area contributed by atoms with Crippen molar-refractivity contribution in [2.45, 2.75) is 32.1 Å². The molecule has 0 spiro atoms. The Morgan fingerprint density at radius 2 is 1.90 bits per heavy atom. The number of halogens is 1. The zero-order chi connectivity index (χ0) is 21.1. The van der Waals surface area contributed by atoms with E-state index in [1.165, 1.54) is 5.56 Å². The van der Waals surface area contributed by atoms with Gasteiger partial charge in [-0.2, -0.15) is 5.10 Å². The van der Waals surface area contributed by atoms with Crippen molar-refractivity contribution in [1.29, 1.82) is 0 Å². The summed E-state index contributed by atoms with van der Waals surface area (Å²) in [4.78, 5) is 17.5. The quantitative estimate of drug-likeness (QED) is 0.671. The van der Waals surface area contributed by atoms with Crippen LogP contribution in [0, 0.1) is 13.8 Å². The van der Waals surface area contributed by atoms with Gasteiger partial charge in [-0.1, -0.05) is 41.9 Å². The molecule has 156 valence electrons. The lowest BCUT2D eigenvalue weighted by Crippen LogP contribution is -2.44. The summed E-state index contributed by atoms with van der Waals surface area (Å²) in [5.41, 5.74) is 3.09. The summed E-state index contributed by atoms with van der Waals surface area (Å²) in [6.07, 6.45) is 1.70.